The Morgan fingerprint density at radius 1 is 1.57 bits per heavy atom. The number of aliphatic hydroxyl groups is 1. The van der Waals surface area contributed by atoms with Crippen LogP contribution in [0.1, 0.15) is 54.5 Å². The maximum Gasteiger partial charge on any atom is 0.373 e. The second kappa shape index (κ2) is 7.61. The lowest BCUT2D eigenvalue weighted by atomic mass is 10.1. The largest absolute Gasteiger partial charge is 0.463 e. The average Bonchev–Trinajstić information content (AvgIpc) is 3.11. The lowest BCUT2D eigenvalue weighted by molar-refractivity contribution is 0.0563. The molecule has 2 heterocycles. The number of esters is 1. The lowest BCUT2D eigenvalue weighted by Crippen LogP contribution is -2.29. The molecule has 1 aliphatic heterocycles. The van der Waals surface area contributed by atoms with Crippen molar-refractivity contribution in [1.29, 1.82) is 0 Å². The summed E-state index contributed by atoms with van der Waals surface area (Å²) < 4.78 is 10.3. The number of carbonyl (C=O) groups excluding carboxylic acids is 1. The third-order valence-electron chi connectivity index (χ3n) is 4.17. The smallest absolute Gasteiger partial charge is 0.373 e. The third-order valence-corrected chi connectivity index (χ3v) is 4.17. The van der Waals surface area contributed by atoms with Gasteiger partial charge in [0.05, 0.1) is 7.11 Å². The van der Waals surface area contributed by atoms with E-state index in [4.69, 9.17) is 14.3 Å². The van der Waals surface area contributed by atoms with E-state index in [-0.39, 0.29) is 12.4 Å². The zero-order chi connectivity index (χ0) is 15.2. The van der Waals surface area contributed by atoms with E-state index in [1.54, 1.807) is 0 Å². The van der Waals surface area contributed by atoms with E-state index in [0.717, 1.165) is 43.7 Å². The molecule has 1 aliphatic rings. The quantitative estimate of drug-likeness (QED) is 0.782. The number of ether oxygens (including phenoxy) is 1. The van der Waals surface area contributed by atoms with Crippen molar-refractivity contribution >= 4 is 5.97 Å². The van der Waals surface area contributed by atoms with Crippen molar-refractivity contribution in [3.05, 3.63) is 23.2 Å². The zero-order valence-corrected chi connectivity index (χ0v) is 12.9. The Labute approximate surface area is 125 Å². The van der Waals surface area contributed by atoms with Crippen molar-refractivity contribution in [1.82, 2.24) is 4.90 Å². The minimum absolute atomic E-state index is 0.253. The second-order valence-electron chi connectivity index (χ2n) is 5.54. The van der Waals surface area contributed by atoms with E-state index in [1.807, 2.05) is 13.0 Å². The van der Waals surface area contributed by atoms with E-state index in [1.165, 1.54) is 20.0 Å². The fraction of sp³-hybridized carbons (Fsp3) is 0.688. The summed E-state index contributed by atoms with van der Waals surface area (Å²) in [6.07, 6.45) is 5.02. The molecular weight excluding hydrogens is 270 g/mol. The highest BCUT2D eigenvalue weighted by Gasteiger charge is 2.26. The SMILES string of the molecule is CCc1oc(C(=O)OC)cc1CN1CCCC1CCCO. The molecule has 21 heavy (non-hydrogen) atoms. The van der Waals surface area contributed by atoms with Gasteiger partial charge in [-0.2, -0.15) is 0 Å². The summed E-state index contributed by atoms with van der Waals surface area (Å²) >= 11 is 0. The molecule has 2 rings (SSSR count). The Hall–Kier alpha value is -1.33. The van der Waals surface area contributed by atoms with Gasteiger partial charge in [0.15, 0.2) is 0 Å². The molecule has 5 nitrogen and oxygen atoms in total. The molecule has 1 fully saturated rings. The van der Waals surface area contributed by atoms with Crippen LogP contribution in [0.2, 0.25) is 0 Å². The topological polar surface area (TPSA) is 62.9 Å². The second-order valence-corrected chi connectivity index (χ2v) is 5.54. The summed E-state index contributed by atoms with van der Waals surface area (Å²) in [5.41, 5.74) is 1.08. The number of likely N-dealkylation sites (tertiary alicyclic amines) is 1. The highest BCUT2D eigenvalue weighted by Crippen LogP contribution is 2.26. The lowest BCUT2D eigenvalue weighted by Gasteiger charge is -2.24. The molecule has 0 spiro atoms. The summed E-state index contributed by atoms with van der Waals surface area (Å²) in [7, 11) is 1.36. The van der Waals surface area contributed by atoms with Gasteiger partial charge in [-0.3, -0.25) is 4.90 Å². The van der Waals surface area contributed by atoms with Gasteiger partial charge in [-0.15, -0.1) is 0 Å². The molecule has 5 heteroatoms. The number of methoxy groups -OCH3 is 1. The molecule has 1 aromatic rings. The van der Waals surface area contributed by atoms with Crippen molar-refractivity contribution in [3.8, 4) is 0 Å². The van der Waals surface area contributed by atoms with Crippen molar-refractivity contribution in [2.75, 3.05) is 20.3 Å². The molecule has 1 unspecified atom stereocenters. The minimum Gasteiger partial charge on any atom is -0.463 e. The predicted molar refractivity (Wildman–Crippen MR) is 79.2 cm³/mol. The summed E-state index contributed by atoms with van der Waals surface area (Å²) in [4.78, 5) is 14.0. The van der Waals surface area contributed by atoms with Crippen LogP contribution in [0.3, 0.4) is 0 Å². The predicted octanol–water partition coefficient (Wildman–Crippen LogP) is 2.37. The number of aryl methyl sites for hydroxylation is 1. The number of carbonyl (C=O) groups is 1. The van der Waals surface area contributed by atoms with Crippen LogP contribution >= 0.6 is 0 Å². The van der Waals surface area contributed by atoms with E-state index < -0.39 is 5.97 Å². The maximum absolute atomic E-state index is 11.6. The van der Waals surface area contributed by atoms with Crippen molar-refractivity contribution < 1.29 is 19.1 Å². The van der Waals surface area contributed by atoms with E-state index >= 15 is 0 Å². The fourth-order valence-corrected chi connectivity index (χ4v) is 3.08. The van der Waals surface area contributed by atoms with Crippen molar-refractivity contribution in [2.24, 2.45) is 0 Å². The summed E-state index contributed by atoms with van der Waals surface area (Å²) in [5.74, 6) is 0.730. The van der Waals surface area contributed by atoms with Crippen molar-refractivity contribution in [3.63, 3.8) is 0 Å². The molecule has 0 aliphatic carbocycles. The first-order valence-corrected chi connectivity index (χ1v) is 7.74. The summed E-state index contributed by atoms with van der Waals surface area (Å²) in [6, 6.07) is 2.34. The van der Waals surface area contributed by atoms with Gasteiger partial charge < -0.3 is 14.3 Å². The monoisotopic (exact) mass is 295 g/mol. The Morgan fingerprint density at radius 2 is 2.38 bits per heavy atom. The Kier molecular flexibility index (Phi) is 5.82. The molecule has 0 aromatic carbocycles. The Morgan fingerprint density at radius 3 is 3.05 bits per heavy atom. The molecule has 0 saturated carbocycles. The van der Waals surface area contributed by atoms with Gasteiger partial charge in [0.1, 0.15) is 5.76 Å². The molecular formula is C16H25NO4. The van der Waals surface area contributed by atoms with Crippen LogP contribution in [0.5, 0.6) is 0 Å². The van der Waals surface area contributed by atoms with Gasteiger partial charge in [-0.05, 0) is 38.3 Å². The number of hydrogen-bond acceptors (Lipinski definition) is 5. The molecule has 1 saturated heterocycles. The van der Waals surface area contributed by atoms with Gasteiger partial charge in [0, 0.05) is 31.2 Å². The molecule has 0 bridgehead atoms. The van der Waals surface area contributed by atoms with Gasteiger partial charge in [-0.25, -0.2) is 4.79 Å². The maximum atomic E-state index is 11.6. The van der Waals surface area contributed by atoms with Crippen LogP contribution in [0.4, 0.5) is 0 Å². The van der Waals surface area contributed by atoms with Gasteiger partial charge in [-0.1, -0.05) is 6.92 Å². The van der Waals surface area contributed by atoms with Crippen LogP contribution < -0.4 is 0 Å². The Balaban J connectivity index is 2.07. The molecule has 0 radical (unpaired) electrons. The first kappa shape index (κ1) is 16.0. The normalized spacial score (nSPS) is 19.1. The molecule has 0 amide bonds. The van der Waals surface area contributed by atoms with Crippen LogP contribution in [-0.4, -0.2) is 42.3 Å². The van der Waals surface area contributed by atoms with Gasteiger partial charge in [0.2, 0.25) is 5.76 Å². The van der Waals surface area contributed by atoms with Crippen molar-refractivity contribution in [2.45, 2.75) is 51.6 Å². The van der Waals surface area contributed by atoms with Gasteiger partial charge in [0.25, 0.3) is 0 Å². The van der Waals surface area contributed by atoms with E-state index in [2.05, 4.69) is 4.90 Å². The van der Waals surface area contributed by atoms with Crippen LogP contribution in [0.25, 0.3) is 0 Å². The molecule has 1 atom stereocenters. The highest BCUT2D eigenvalue weighted by molar-refractivity contribution is 5.86. The number of nitrogens with zero attached hydrogens (tertiary/aromatic N) is 1. The first-order valence-electron chi connectivity index (χ1n) is 7.74. The molecule has 1 aromatic heterocycles. The summed E-state index contributed by atoms with van der Waals surface area (Å²) in [6.45, 7) is 4.15. The Bertz CT molecular complexity index is 469. The zero-order valence-electron chi connectivity index (χ0n) is 12.9. The van der Waals surface area contributed by atoms with E-state index in [0.29, 0.717) is 6.04 Å². The van der Waals surface area contributed by atoms with E-state index in [9.17, 15) is 4.79 Å². The van der Waals surface area contributed by atoms with Gasteiger partial charge >= 0.3 is 5.97 Å². The molecule has 118 valence electrons. The minimum atomic E-state index is -0.422. The number of hydrogen-bond donors (Lipinski definition) is 1. The summed E-state index contributed by atoms with van der Waals surface area (Å²) in [5, 5.41) is 8.99. The fourth-order valence-electron chi connectivity index (χ4n) is 3.08. The van der Waals surface area contributed by atoms with Crippen LogP contribution in [-0.2, 0) is 17.7 Å². The standard InChI is InChI=1S/C16H25NO4/c1-3-14-12(10-15(21-14)16(19)20-2)11-17-8-4-6-13(17)7-5-9-18/h10,13,18H,3-9,11H2,1-2H3. The highest BCUT2D eigenvalue weighted by atomic mass is 16.5. The average molecular weight is 295 g/mol. The number of aliphatic hydroxyl groups excluding tert-OH is 1. The number of furan rings is 1. The van der Waals surface area contributed by atoms with Crippen LogP contribution in [0.15, 0.2) is 10.5 Å². The molecule has 1 N–H and O–H groups in total. The third kappa shape index (κ3) is 3.86. The van der Waals surface area contributed by atoms with Crippen LogP contribution in [0, 0.1) is 0 Å². The first-order chi connectivity index (χ1) is 10.2. The number of rotatable bonds is 7.